The summed E-state index contributed by atoms with van der Waals surface area (Å²) in [4.78, 5) is 0. The van der Waals surface area contributed by atoms with Gasteiger partial charge in [0.05, 0.1) is 0 Å². The lowest BCUT2D eigenvalue weighted by Gasteiger charge is -2.00. The van der Waals surface area contributed by atoms with Crippen LogP contribution >= 0.6 is 0 Å². The van der Waals surface area contributed by atoms with Crippen molar-refractivity contribution in [2.24, 2.45) is 5.73 Å². The van der Waals surface area contributed by atoms with Gasteiger partial charge in [-0.3, -0.25) is 0 Å². The average molecular weight is 217 g/mol. The Morgan fingerprint density at radius 1 is 1.64 bits per heavy atom. The van der Waals surface area contributed by atoms with Crippen molar-refractivity contribution in [1.82, 2.24) is 20.6 Å². The highest BCUT2D eigenvalue weighted by molar-refractivity contribution is 7.93. The van der Waals surface area contributed by atoms with Crippen LogP contribution in [0.5, 0.6) is 0 Å². The van der Waals surface area contributed by atoms with E-state index in [1.807, 2.05) is 0 Å². The number of sulfone groups is 1. The third kappa shape index (κ3) is 4.10. The average Bonchev–Trinajstić information content (AvgIpc) is 2.52. The zero-order valence-corrected chi connectivity index (χ0v) is 8.40. The summed E-state index contributed by atoms with van der Waals surface area (Å²) in [7, 11) is -3.12. The summed E-state index contributed by atoms with van der Waals surface area (Å²) in [6.07, 6.45) is 2.85. The highest BCUT2D eigenvalue weighted by atomic mass is 32.2. The minimum Gasteiger partial charge on any atom is -0.324 e. The van der Waals surface area contributed by atoms with Crippen molar-refractivity contribution in [2.75, 3.05) is 6.26 Å². The number of aromatic nitrogens is 4. The molecular weight excluding hydrogens is 206 g/mol. The predicted octanol–water partition coefficient (Wildman–Crippen LogP) is -1.37. The molecule has 0 saturated heterocycles. The molecule has 8 heteroatoms. The first kappa shape index (κ1) is 10.8. The van der Waals surface area contributed by atoms with E-state index in [4.69, 9.17) is 5.73 Å². The molecule has 0 bridgehead atoms. The lowest BCUT2D eigenvalue weighted by molar-refractivity contribution is 0.609. The molecule has 0 aromatic carbocycles. The smallest absolute Gasteiger partial charge is 0.176 e. The first-order chi connectivity index (χ1) is 6.47. The third-order valence-corrected chi connectivity index (χ3v) is 2.03. The van der Waals surface area contributed by atoms with E-state index in [1.54, 1.807) is 0 Å². The van der Waals surface area contributed by atoms with Gasteiger partial charge in [0.1, 0.15) is 0 Å². The van der Waals surface area contributed by atoms with Crippen molar-refractivity contribution in [2.45, 2.75) is 12.5 Å². The summed E-state index contributed by atoms with van der Waals surface area (Å²) in [5, 5.41) is 14.1. The summed E-state index contributed by atoms with van der Waals surface area (Å²) < 4.78 is 21.5. The van der Waals surface area contributed by atoms with Gasteiger partial charge in [0.25, 0.3) is 0 Å². The zero-order chi connectivity index (χ0) is 10.6. The van der Waals surface area contributed by atoms with Crippen molar-refractivity contribution in [3.8, 4) is 0 Å². The molecule has 1 unspecified atom stereocenters. The van der Waals surface area contributed by atoms with Crippen LogP contribution in [0.15, 0.2) is 11.5 Å². The second-order valence-electron chi connectivity index (χ2n) is 2.85. The van der Waals surface area contributed by atoms with Crippen LogP contribution in [-0.2, 0) is 16.3 Å². The molecule has 0 aliphatic carbocycles. The van der Waals surface area contributed by atoms with E-state index < -0.39 is 15.9 Å². The fourth-order valence-corrected chi connectivity index (χ4v) is 1.28. The van der Waals surface area contributed by atoms with E-state index in [1.165, 1.54) is 6.08 Å². The van der Waals surface area contributed by atoms with Crippen molar-refractivity contribution >= 4 is 9.84 Å². The van der Waals surface area contributed by atoms with Crippen LogP contribution < -0.4 is 5.73 Å². The minimum absolute atomic E-state index is 0.350. The Kier molecular flexibility index (Phi) is 3.31. The summed E-state index contributed by atoms with van der Waals surface area (Å²) in [5.74, 6) is 0.454. The molecular formula is C6H11N5O2S. The molecule has 0 amide bonds. The molecule has 0 saturated carbocycles. The van der Waals surface area contributed by atoms with E-state index in [2.05, 4.69) is 20.6 Å². The van der Waals surface area contributed by atoms with Crippen molar-refractivity contribution in [3.05, 3.63) is 17.3 Å². The molecule has 3 N–H and O–H groups in total. The van der Waals surface area contributed by atoms with Crippen LogP contribution in [0.25, 0.3) is 0 Å². The maximum Gasteiger partial charge on any atom is 0.176 e. The summed E-state index contributed by atoms with van der Waals surface area (Å²) in [6, 6.07) is -0.428. The van der Waals surface area contributed by atoms with Gasteiger partial charge in [0.15, 0.2) is 15.7 Å². The molecule has 0 radical (unpaired) electrons. The lowest BCUT2D eigenvalue weighted by Crippen LogP contribution is -2.21. The lowest BCUT2D eigenvalue weighted by atomic mass is 10.2. The van der Waals surface area contributed by atoms with Crippen LogP contribution in [0.3, 0.4) is 0 Å². The number of hydrogen-bond acceptors (Lipinski definition) is 6. The molecule has 7 nitrogen and oxygen atoms in total. The first-order valence-corrected chi connectivity index (χ1v) is 5.79. The Balaban J connectivity index is 2.52. The maximum absolute atomic E-state index is 10.7. The molecule has 14 heavy (non-hydrogen) atoms. The maximum atomic E-state index is 10.7. The van der Waals surface area contributed by atoms with Crippen molar-refractivity contribution in [3.63, 3.8) is 0 Å². The van der Waals surface area contributed by atoms with Crippen LogP contribution in [0, 0.1) is 0 Å². The Labute approximate surface area is 81.3 Å². The monoisotopic (exact) mass is 217 g/mol. The minimum atomic E-state index is -3.12. The molecule has 0 spiro atoms. The van der Waals surface area contributed by atoms with Gasteiger partial charge in [-0.1, -0.05) is 11.3 Å². The summed E-state index contributed by atoms with van der Waals surface area (Å²) >= 11 is 0. The summed E-state index contributed by atoms with van der Waals surface area (Å²) in [5.41, 5.74) is 5.60. The van der Waals surface area contributed by atoms with Crippen molar-refractivity contribution < 1.29 is 8.42 Å². The molecule has 1 aromatic rings. The highest BCUT2D eigenvalue weighted by Gasteiger charge is 2.04. The fourth-order valence-electron chi connectivity index (χ4n) is 0.791. The number of nitrogens with two attached hydrogens (primary N) is 1. The number of nitrogens with one attached hydrogen (secondary N) is 1. The van der Waals surface area contributed by atoms with Gasteiger partial charge in [-0.05, 0) is 0 Å². The van der Waals surface area contributed by atoms with Crippen LogP contribution in [-0.4, -0.2) is 41.3 Å². The highest BCUT2D eigenvalue weighted by Crippen LogP contribution is 1.95. The molecule has 0 aliphatic heterocycles. The largest absolute Gasteiger partial charge is 0.324 e. The number of hydrogen-bond donors (Lipinski definition) is 2. The van der Waals surface area contributed by atoms with E-state index in [0.29, 0.717) is 12.2 Å². The van der Waals surface area contributed by atoms with E-state index in [9.17, 15) is 8.42 Å². The van der Waals surface area contributed by atoms with Crippen LogP contribution in [0.1, 0.15) is 5.82 Å². The van der Waals surface area contributed by atoms with Crippen LogP contribution in [0.4, 0.5) is 0 Å². The molecule has 78 valence electrons. The Hall–Kier alpha value is -1.28. The fraction of sp³-hybridized carbons (Fsp3) is 0.500. The Morgan fingerprint density at radius 2 is 2.36 bits per heavy atom. The molecule has 1 rings (SSSR count). The quantitative estimate of drug-likeness (QED) is 0.643. The van der Waals surface area contributed by atoms with E-state index in [-0.39, 0.29) is 0 Å². The van der Waals surface area contributed by atoms with Gasteiger partial charge in [0, 0.05) is 24.1 Å². The first-order valence-electron chi connectivity index (χ1n) is 3.83. The third-order valence-electron chi connectivity index (χ3n) is 1.38. The number of aromatic amines is 1. The number of rotatable bonds is 4. The van der Waals surface area contributed by atoms with Gasteiger partial charge >= 0.3 is 0 Å². The van der Waals surface area contributed by atoms with E-state index in [0.717, 1.165) is 11.7 Å². The molecule has 1 aromatic heterocycles. The normalized spacial score (nSPS) is 14.7. The Bertz CT molecular complexity index is 396. The van der Waals surface area contributed by atoms with E-state index >= 15 is 0 Å². The standard InChI is InChI=1S/C6H11N5O2S/c1-14(12,13)3-2-5(7)4-6-8-10-11-9-6/h2-3,5H,4,7H2,1H3,(H,8,9,10,11)/b3-2+. The second kappa shape index (κ2) is 4.29. The van der Waals surface area contributed by atoms with Crippen LogP contribution in [0.2, 0.25) is 0 Å². The number of nitrogens with zero attached hydrogens (tertiary/aromatic N) is 3. The molecule has 0 aliphatic rings. The van der Waals surface area contributed by atoms with Gasteiger partial charge in [0.2, 0.25) is 0 Å². The van der Waals surface area contributed by atoms with Gasteiger partial charge < -0.3 is 5.73 Å². The molecule has 1 heterocycles. The summed E-state index contributed by atoms with van der Waals surface area (Å²) in [6.45, 7) is 0. The number of H-pyrrole nitrogens is 1. The number of tetrazole rings is 1. The topological polar surface area (TPSA) is 115 Å². The second-order valence-corrected chi connectivity index (χ2v) is 4.79. The molecule has 0 fully saturated rings. The molecule has 1 atom stereocenters. The predicted molar refractivity (Wildman–Crippen MR) is 49.8 cm³/mol. The SMILES string of the molecule is CS(=O)(=O)/C=C/C(N)Cc1nn[nH]n1. The van der Waals surface area contributed by atoms with Gasteiger partial charge in [-0.25, -0.2) is 8.42 Å². The van der Waals surface area contributed by atoms with Crippen molar-refractivity contribution in [1.29, 1.82) is 0 Å². The Morgan fingerprint density at radius 3 is 2.86 bits per heavy atom. The van der Waals surface area contributed by atoms with Gasteiger partial charge in [-0.15, -0.1) is 10.2 Å². The zero-order valence-electron chi connectivity index (χ0n) is 7.58. The van der Waals surface area contributed by atoms with Gasteiger partial charge in [-0.2, -0.15) is 5.21 Å².